The van der Waals surface area contributed by atoms with Crippen LogP contribution in [-0.4, -0.2) is 17.0 Å². The summed E-state index contributed by atoms with van der Waals surface area (Å²) in [5.74, 6) is 0.731. The van der Waals surface area contributed by atoms with Gasteiger partial charge in [-0.05, 0) is 6.92 Å². The Bertz CT molecular complexity index is 88.6. The van der Waals surface area contributed by atoms with E-state index in [1.807, 2.05) is 6.92 Å². The lowest BCUT2D eigenvalue weighted by atomic mass is 10.4. The van der Waals surface area contributed by atoms with Crippen LogP contribution in [0.2, 0.25) is 0 Å². The molecule has 0 aromatic rings. The summed E-state index contributed by atoms with van der Waals surface area (Å²) in [6.45, 7) is 1.88. The molecule has 5 N–H and O–H groups in total. The van der Waals surface area contributed by atoms with Gasteiger partial charge in [0, 0.05) is 11.8 Å². The molecular weight excluding hydrogens is 282 g/mol. The van der Waals surface area contributed by atoms with Gasteiger partial charge >= 0.3 is 0 Å². The average molecular weight is 295 g/mol. The van der Waals surface area contributed by atoms with E-state index < -0.39 is 0 Å². The number of amidine groups is 1. The molecule has 0 saturated carbocycles. The quantitative estimate of drug-likeness (QED) is 0.528. The van der Waals surface area contributed by atoms with Gasteiger partial charge in [-0.2, -0.15) is 0 Å². The van der Waals surface area contributed by atoms with Crippen molar-refractivity contribution < 1.29 is 0 Å². The van der Waals surface area contributed by atoms with E-state index in [0.717, 1.165) is 5.75 Å². The van der Waals surface area contributed by atoms with Gasteiger partial charge in [0.25, 0.3) is 0 Å². The fraction of sp³-hybridized carbons (Fsp3) is 0.750. The number of nitrogens with two attached hydrogens (primary N) is 2. The highest BCUT2D eigenvalue weighted by molar-refractivity contribution is 8.93. The van der Waals surface area contributed by atoms with Gasteiger partial charge in [-0.15, -0.1) is 34.0 Å². The van der Waals surface area contributed by atoms with Crippen molar-refractivity contribution in [1.82, 2.24) is 0 Å². The second kappa shape index (κ2) is 9.74. The Hall–Kier alpha value is 0.740. The number of nitrogens with one attached hydrogen (secondary N) is 1. The lowest BCUT2D eigenvalue weighted by Crippen LogP contribution is -2.20. The first-order valence-electron chi connectivity index (χ1n) is 2.35. The van der Waals surface area contributed by atoms with E-state index in [-0.39, 0.29) is 45.2 Å². The van der Waals surface area contributed by atoms with E-state index in [1.165, 1.54) is 11.8 Å². The Kier molecular flexibility index (Phi) is 16.6. The van der Waals surface area contributed by atoms with Crippen LogP contribution in [0.5, 0.6) is 0 Å². The molecule has 0 heterocycles. The summed E-state index contributed by atoms with van der Waals surface area (Å²) in [6.07, 6.45) is 0. The summed E-state index contributed by atoms with van der Waals surface area (Å²) in [7, 11) is 0. The molecule has 0 aliphatic rings. The monoisotopic (exact) mass is 293 g/mol. The number of thioether (sulfide) groups is 1. The van der Waals surface area contributed by atoms with Gasteiger partial charge in [0.1, 0.15) is 0 Å². The summed E-state index contributed by atoms with van der Waals surface area (Å²) in [5, 5.41) is 6.91. The van der Waals surface area contributed by atoms with Crippen molar-refractivity contribution in [2.45, 2.75) is 13.0 Å². The summed E-state index contributed by atoms with van der Waals surface area (Å²) in [6, 6.07) is 0.129. The molecule has 10 heavy (non-hydrogen) atoms. The zero-order valence-electron chi connectivity index (χ0n) is 5.66. The van der Waals surface area contributed by atoms with E-state index in [4.69, 9.17) is 16.9 Å². The van der Waals surface area contributed by atoms with Crippen molar-refractivity contribution in [3.63, 3.8) is 0 Å². The Labute approximate surface area is 86.3 Å². The highest BCUT2D eigenvalue weighted by Crippen LogP contribution is 1.97. The predicted octanol–water partition coefficient (Wildman–Crippen LogP) is 1.12. The van der Waals surface area contributed by atoms with Gasteiger partial charge in [-0.3, -0.25) is 5.41 Å². The molecule has 1 unspecified atom stereocenters. The van der Waals surface area contributed by atoms with Crippen molar-refractivity contribution in [2.75, 3.05) is 5.75 Å². The zero-order valence-corrected chi connectivity index (χ0v) is 9.91. The largest absolute Gasteiger partial charge is 0.379 e. The first-order valence-corrected chi connectivity index (χ1v) is 3.34. The van der Waals surface area contributed by atoms with Crippen LogP contribution in [0.3, 0.4) is 0 Å². The van der Waals surface area contributed by atoms with Crippen LogP contribution >= 0.6 is 45.7 Å². The van der Waals surface area contributed by atoms with Crippen LogP contribution in [0.4, 0.5) is 0 Å². The predicted molar refractivity (Wildman–Crippen MR) is 58.7 cm³/mol. The van der Waals surface area contributed by atoms with Gasteiger partial charge in [0.15, 0.2) is 5.17 Å². The molecule has 0 bridgehead atoms. The van der Waals surface area contributed by atoms with Gasteiger partial charge in [-0.25, -0.2) is 0 Å². The van der Waals surface area contributed by atoms with Crippen LogP contribution < -0.4 is 11.5 Å². The molecule has 0 aliphatic heterocycles. The Morgan fingerprint density at radius 2 is 2.00 bits per heavy atom. The molecule has 0 saturated heterocycles. The third-order valence-electron chi connectivity index (χ3n) is 0.502. The third kappa shape index (κ3) is 15.9. The van der Waals surface area contributed by atoms with E-state index in [9.17, 15) is 0 Å². The molecular formula is C4H13Br2N3S. The van der Waals surface area contributed by atoms with Crippen molar-refractivity contribution in [3.05, 3.63) is 0 Å². The summed E-state index contributed by atoms with van der Waals surface area (Å²) in [4.78, 5) is 0. The first kappa shape index (κ1) is 17.0. The molecule has 64 valence electrons. The minimum Gasteiger partial charge on any atom is -0.379 e. The summed E-state index contributed by atoms with van der Waals surface area (Å²) >= 11 is 1.28. The lowest BCUT2D eigenvalue weighted by Gasteiger charge is -2.00. The molecule has 0 aromatic heterocycles. The normalized spacial score (nSPS) is 10.6. The van der Waals surface area contributed by atoms with Crippen molar-refractivity contribution in [2.24, 2.45) is 11.5 Å². The molecule has 0 aliphatic carbocycles. The van der Waals surface area contributed by atoms with Crippen LogP contribution in [0.15, 0.2) is 0 Å². The fourth-order valence-electron chi connectivity index (χ4n) is 0.221. The van der Waals surface area contributed by atoms with Gasteiger partial charge in [0.05, 0.1) is 0 Å². The molecule has 6 heteroatoms. The Morgan fingerprint density at radius 1 is 1.60 bits per heavy atom. The van der Waals surface area contributed by atoms with Crippen molar-refractivity contribution >= 4 is 50.9 Å². The molecule has 0 rings (SSSR count). The summed E-state index contributed by atoms with van der Waals surface area (Å²) in [5.41, 5.74) is 10.4. The molecule has 0 amide bonds. The van der Waals surface area contributed by atoms with Gasteiger partial charge in [0.2, 0.25) is 0 Å². The van der Waals surface area contributed by atoms with Crippen molar-refractivity contribution in [1.29, 1.82) is 5.41 Å². The molecule has 0 spiro atoms. The smallest absolute Gasteiger partial charge is 0.151 e. The lowest BCUT2D eigenvalue weighted by molar-refractivity contribution is 0.849. The Morgan fingerprint density at radius 3 is 2.10 bits per heavy atom. The fourth-order valence-corrected chi connectivity index (χ4v) is 0.664. The maximum absolute atomic E-state index is 6.77. The van der Waals surface area contributed by atoms with Crippen LogP contribution in [0.25, 0.3) is 0 Å². The highest BCUT2D eigenvalue weighted by atomic mass is 79.9. The standard InChI is InChI=1S/C4H11N3S.2BrH/c1-3(5)2-8-4(6)7;;/h3H,2,5H2,1H3,(H3,6,7);2*1H. The third-order valence-corrected chi connectivity index (χ3v) is 1.51. The van der Waals surface area contributed by atoms with E-state index in [2.05, 4.69) is 0 Å². The average Bonchev–Trinajstić information content (AvgIpc) is 1.61. The second-order valence-electron chi connectivity index (χ2n) is 1.65. The van der Waals surface area contributed by atoms with E-state index in [0.29, 0.717) is 0 Å². The number of rotatable bonds is 2. The topological polar surface area (TPSA) is 75.9 Å². The van der Waals surface area contributed by atoms with E-state index in [1.54, 1.807) is 0 Å². The highest BCUT2D eigenvalue weighted by Gasteiger charge is 1.93. The first-order chi connectivity index (χ1) is 3.63. The number of halogens is 2. The second-order valence-corrected chi connectivity index (χ2v) is 2.71. The minimum absolute atomic E-state index is 0. The number of hydrogen-bond donors (Lipinski definition) is 3. The SMILES string of the molecule is Br.Br.CC(N)CSC(=N)N. The minimum atomic E-state index is 0. The number of hydrogen-bond acceptors (Lipinski definition) is 3. The maximum atomic E-state index is 6.77. The maximum Gasteiger partial charge on any atom is 0.151 e. The molecule has 0 aromatic carbocycles. The van der Waals surface area contributed by atoms with Gasteiger partial charge in [-0.1, -0.05) is 11.8 Å². The van der Waals surface area contributed by atoms with Gasteiger partial charge < -0.3 is 11.5 Å². The zero-order chi connectivity index (χ0) is 6.57. The molecule has 0 fully saturated rings. The van der Waals surface area contributed by atoms with Crippen molar-refractivity contribution in [3.8, 4) is 0 Å². The van der Waals surface area contributed by atoms with Crippen LogP contribution in [-0.2, 0) is 0 Å². The molecule has 3 nitrogen and oxygen atoms in total. The Balaban J connectivity index is -0.000000245. The molecule has 0 radical (unpaired) electrons. The summed E-state index contributed by atoms with van der Waals surface area (Å²) < 4.78 is 0. The van der Waals surface area contributed by atoms with Crippen LogP contribution in [0, 0.1) is 5.41 Å². The van der Waals surface area contributed by atoms with E-state index >= 15 is 0 Å². The molecule has 1 atom stereocenters. The van der Waals surface area contributed by atoms with Crippen LogP contribution in [0.1, 0.15) is 6.92 Å².